The van der Waals surface area contributed by atoms with E-state index in [1.54, 1.807) is 12.1 Å². The summed E-state index contributed by atoms with van der Waals surface area (Å²) in [4.78, 5) is 24.7. The quantitative estimate of drug-likeness (QED) is 0.819. The Kier molecular flexibility index (Phi) is 3.62. The highest BCUT2D eigenvalue weighted by atomic mass is 16.4. The number of benzene rings is 1. The Morgan fingerprint density at radius 2 is 2.17 bits per heavy atom. The normalized spacial score (nSPS) is 17.6. The van der Waals surface area contributed by atoms with E-state index < -0.39 is 12.0 Å². The SMILES string of the molecule is Cc1ccccc1C(C(=O)O)N1CCNCC1=O. The van der Waals surface area contributed by atoms with Crippen molar-refractivity contribution in [1.29, 1.82) is 0 Å². The smallest absolute Gasteiger partial charge is 0.331 e. The molecule has 1 atom stereocenters. The number of aliphatic carboxylic acids is 1. The second-order valence-electron chi connectivity index (χ2n) is 4.36. The Morgan fingerprint density at radius 1 is 1.44 bits per heavy atom. The Morgan fingerprint density at radius 3 is 2.78 bits per heavy atom. The monoisotopic (exact) mass is 248 g/mol. The minimum Gasteiger partial charge on any atom is -0.479 e. The molecule has 1 aliphatic rings. The van der Waals surface area contributed by atoms with Crippen LogP contribution in [0.3, 0.4) is 0 Å². The van der Waals surface area contributed by atoms with Crippen LogP contribution >= 0.6 is 0 Å². The Balaban J connectivity index is 2.37. The van der Waals surface area contributed by atoms with Gasteiger partial charge in [-0.25, -0.2) is 4.79 Å². The van der Waals surface area contributed by atoms with Crippen molar-refractivity contribution in [1.82, 2.24) is 10.2 Å². The van der Waals surface area contributed by atoms with E-state index in [-0.39, 0.29) is 12.5 Å². The van der Waals surface area contributed by atoms with Crippen LogP contribution in [0.4, 0.5) is 0 Å². The summed E-state index contributed by atoms with van der Waals surface area (Å²) in [7, 11) is 0. The summed E-state index contributed by atoms with van der Waals surface area (Å²) < 4.78 is 0. The van der Waals surface area contributed by atoms with E-state index in [1.807, 2.05) is 19.1 Å². The van der Waals surface area contributed by atoms with Crippen LogP contribution < -0.4 is 5.32 Å². The van der Waals surface area contributed by atoms with Crippen molar-refractivity contribution in [2.45, 2.75) is 13.0 Å². The lowest BCUT2D eigenvalue weighted by atomic mass is 9.99. The molecule has 1 unspecified atom stereocenters. The number of carboxylic acids is 1. The number of carboxylic acid groups (broad SMARTS) is 1. The van der Waals surface area contributed by atoms with Crippen molar-refractivity contribution >= 4 is 11.9 Å². The van der Waals surface area contributed by atoms with Gasteiger partial charge in [-0.15, -0.1) is 0 Å². The van der Waals surface area contributed by atoms with Gasteiger partial charge in [-0.3, -0.25) is 4.79 Å². The molecule has 0 spiro atoms. The fourth-order valence-corrected chi connectivity index (χ4v) is 2.22. The van der Waals surface area contributed by atoms with Gasteiger partial charge < -0.3 is 15.3 Å². The first-order chi connectivity index (χ1) is 8.61. The number of amides is 1. The van der Waals surface area contributed by atoms with Crippen LogP contribution in [0, 0.1) is 6.92 Å². The van der Waals surface area contributed by atoms with Crippen molar-refractivity contribution in [2.75, 3.05) is 19.6 Å². The average molecular weight is 248 g/mol. The van der Waals surface area contributed by atoms with Crippen LogP contribution in [0.15, 0.2) is 24.3 Å². The van der Waals surface area contributed by atoms with E-state index in [0.29, 0.717) is 18.7 Å². The average Bonchev–Trinajstić information content (AvgIpc) is 2.34. The van der Waals surface area contributed by atoms with E-state index >= 15 is 0 Å². The van der Waals surface area contributed by atoms with E-state index in [9.17, 15) is 14.7 Å². The molecule has 0 radical (unpaired) electrons. The third-order valence-corrected chi connectivity index (χ3v) is 3.15. The van der Waals surface area contributed by atoms with Crippen LogP contribution in [0.5, 0.6) is 0 Å². The molecule has 0 aliphatic carbocycles. The molecule has 0 saturated carbocycles. The first-order valence-corrected chi connectivity index (χ1v) is 5.90. The molecule has 1 fully saturated rings. The van der Waals surface area contributed by atoms with Crippen molar-refractivity contribution in [3.05, 3.63) is 35.4 Å². The number of carbonyl (C=O) groups excluding carboxylic acids is 1. The summed E-state index contributed by atoms with van der Waals surface area (Å²) in [6.45, 7) is 3.11. The third kappa shape index (κ3) is 2.36. The van der Waals surface area contributed by atoms with Crippen LogP contribution in [-0.4, -0.2) is 41.5 Å². The highest BCUT2D eigenvalue weighted by Crippen LogP contribution is 2.24. The van der Waals surface area contributed by atoms with Gasteiger partial charge in [0.05, 0.1) is 6.54 Å². The Bertz CT molecular complexity index is 473. The van der Waals surface area contributed by atoms with Crippen molar-refractivity contribution in [3.63, 3.8) is 0 Å². The predicted molar refractivity (Wildman–Crippen MR) is 66.1 cm³/mol. The molecule has 1 amide bonds. The molecule has 0 bridgehead atoms. The van der Waals surface area contributed by atoms with Gasteiger partial charge in [0.1, 0.15) is 0 Å². The topological polar surface area (TPSA) is 69.6 Å². The van der Waals surface area contributed by atoms with Crippen LogP contribution in [0.1, 0.15) is 17.2 Å². The molecule has 1 saturated heterocycles. The highest BCUT2D eigenvalue weighted by Gasteiger charge is 2.33. The zero-order valence-electron chi connectivity index (χ0n) is 10.2. The Hall–Kier alpha value is -1.88. The first kappa shape index (κ1) is 12.6. The van der Waals surface area contributed by atoms with Gasteiger partial charge in [-0.1, -0.05) is 24.3 Å². The zero-order chi connectivity index (χ0) is 13.1. The van der Waals surface area contributed by atoms with Gasteiger partial charge in [-0.05, 0) is 18.1 Å². The van der Waals surface area contributed by atoms with E-state index in [1.165, 1.54) is 4.90 Å². The van der Waals surface area contributed by atoms with Gasteiger partial charge in [0, 0.05) is 13.1 Å². The van der Waals surface area contributed by atoms with Gasteiger partial charge in [0.2, 0.25) is 5.91 Å². The molecule has 5 nitrogen and oxygen atoms in total. The summed E-state index contributed by atoms with van der Waals surface area (Å²) in [6.07, 6.45) is 0. The maximum atomic E-state index is 11.8. The van der Waals surface area contributed by atoms with E-state index in [0.717, 1.165) is 5.56 Å². The maximum Gasteiger partial charge on any atom is 0.331 e. The van der Waals surface area contributed by atoms with Gasteiger partial charge in [-0.2, -0.15) is 0 Å². The summed E-state index contributed by atoms with van der Waals surface area (Å²) >= 11 is 0. The number of hydrogen-bond acceptors (Lipinski definition) is 3. The molecule has 2 N–H and O–H groups in total. The molecular formula is C13H16N2O3. The number of rotatable bonds is 3. The third-order valence-electron chi connectivity index (χ3n) is 3.15. The molecule has 18 heavy (non-hydrogen) atoms. The predicted octanol–water partition coefficient (Wildman–Crippen LogP) is 0.553. The lowest BCUT2D eigenvalue weighted by Crippen LogP contribution is -2.51. The molecule has 1 aliphatic heterocycles. The van der Waals surface area contributed by atoms with Crippen LogP contribution in [0.2, 0.25) is 0 Å². The zero-order valence-corrected chi connectivity index (χ0v) is 10.2. The van der Waals surface area contributed by atoms with Crippen molar-refractivity contribution in [3.8, 4) is 0 Å². The summed E-state index contributed by atoms with van der Waals surface area (Å²) in [5.41, 5.74) is 1.57. The number of hydrogen-bond donors (Lipinski definition) is 2. The second kappa shape index (κ2) is 5.18. The molecule has 1 aromatic carbocycles. The van der Waals surface area contributed by atoms with Crippen molar-refractivity contribution < 1.29 is 14.7 Å². The largest absolute Gasteiger partial charge is 0.479 e. The first-order valence-electron chi connectivity index (χ1n) is 5.90. The van der Waals surface area contributed by atoms with Gasteiger partial charge >= 0.3 is 5.97 Å². The lowest BCUT2D eigenvalue weighted by molar-refractivity contribution is -0.151. The number of carbonyl (C=O) groups is 2. The number of aryl methyl sites for hydroxylation is 1. The minimum atomic E-state index is -0.987. The fraction of sp³-hybridized carbons (Fsp3) is 0.385. The minimum absolute atomic E-state index is 0.170. The summed E-state index contributed by atoms with van der Waals surface area (Å²) in [5, 5.41) is 12.3. The molecular weight excluding hydrogens is 232 g/mol. The number of piperazine rings is 1. The van der Waals surface area contributed by atoms with E-state index in [4.69, 9.17) is 0 Å². The standard InChI is InChI=1S/C13H16N2O3/c1-9-4-2-3-5-10(9)12(13(17)18)15-7-6-14-8-11(15)16/h2-5,12,14H,6-8H2,1H3,(H,17,18). The molecule has 1 heterocycles. The molecule has 1 aromatic rings. The lowest BCUT2D eigenvalue weighted by Gasteiger charge is -2.33. The Labute approximate surface area is 105 Å². The van der Waals surface area contributed by atoms with Crippen molar-refractivity contribution in [2.24, 2.45) is 0 Å². The fourth-order valence-electron chi connectivity index (χ4n) is 2.22. The number of nitrogens with one attached hydrogen (secondary N) is 1. The van der Waals surface area contributed by atoms with Gasteiger partial charge in [0.15, 0.2) is 6.04 Å². The summed E-state index contributed by atoms with van der Waals surface area (Å²) in [5.74, 6) is -1.16. The maximum absolute atomic E-state index is 11.8. The van der Waals surface area contributed by atoms with Crippen LogP contribution in [-0.2, 0) is 9.59 Å². The second-order valence-corrected chi connectivity index (χ2v) is 4.36. The molecule has 5 heteroatoms. The highest BCUT2D eigenvalue weighted by molar-refractivity contribution is 5.86. The molecule has 0 aromatic heterocycles. The number of nitrogens with zero attached hydrogens (tertiary/aromatic N) is 1. The molecule has 2 rings (SSSR count). The molecule has 96 valence electrons. The van der Waals surface area contributed by atoms with Gasteiger partial charge in [0.25, 0.3) is 0 Å². The van der Waals surface area contributed by atoms with Crippen LogP contribution in [0.25, 0.3) is 0 Å². The summed E-state index contributed by atoms with van der Waals surface area (Å²) in [6, 6.07) is 6.39. The van der Waals surface area contributed by atoms with E-state index in [2.05, 4.69) is 5.32 Å².